The number of phosphoric acid groups is 1. The fourth-order valence-electron chi connectivity index (χ4n) is 10.00. The van der Waals surface area contributed by atoms with Crippen molar-refractivity contribution in [2.75, 3.05) is 40.9 Å². The van der Waals surface area contributed by atoms with Gasteiger partial charge >= 0.3 is 7.82 Å². The second-order valence-corrected chi connectivity index (χ2v) is 25.3. The molecule has 0 aliphatic rings. The summed E-state index contributed by atoms with van der Waals surface area (Å²) in [5.74, 6) is -0.138. The van der Waals surface area contributed by atoms with Crippen molar-refractivity contribution in [2.45, 2.75) is 341 Å². The van der Waals surface area contributed by atoms with Crippen molar-refractivity contribution < 1.29 is 32.9 Å². The van der Waals surface area contributed by atoms with Crippen LogP contribution in [0, 0.1) is 0 Å². The van der Waals surface area contributed by atoms with Crippen LogP contribution in [0.25, 0.3) is 0 Å². The maximum absolute atomic E-state index is 13.0. The summed E-state index contributed by atoms with van der Waals surface area (Å²) in [6.07, 6.45) is 75.3. The van der Waals surface area contributed by atoms with Gasteiger partial charge < -0.3 is 19.8 Å². The second-order valence-electron chi connectivity index (χ2n) is 23.9. The lowest BCUT2D eigenvalue weighted by molar-refractivity contribution is -0.870. The highest BCUT2D eigenvalue weighted by atomic mass is 31.2. The molecule has 0 bridgehead atoms. The standard InChI is InChI=1S/C66H129N2O6P/c1-6-8-10-12-14-16-18-20-22-23-24-25-26-27-28-29-30-31-32-33-34-35-36-37-38-39-40-41-42-43-44-45-46-48-50-52-54-56-58-60-66(70)67-64(63-74-75(71,72)73-62-61-68(3,4)5)65(69)59-57-55-53-51-49-47-21-19-17-15-13-11-9-7-2/h18,20,23-24,26-27,64-65,69H,6-17,19,21-22,25,28-63H2,1-5H3,(H-,67,70,71,72)/p+1/b20-18-,24-23-,27-26-. The van der Waals surface area contributed by atoms with Gasteiger partial charge in [0.1, 0.15) is 13.2 Å². The van der Waals surface area contributed by atoms with Crippen LogP contribution in [0.1, 0.15) is 328 Å². The quantitative estimate of drug-likeness (QED) is 0.0243. The van der Waals surface area contributed by atoms with Gasteiger partial charge in [0.15, 0.2) is 0 Å². The van der Waals surface area contributed by atoms with Crippen molar-refractivity contribution in [2.24, 2.45) is 0 Å². The van der Waals surface area contributed by atoms with Gasteiger partial charge in [-0.3, -0.25) is 13.8 Å². The van der Waals surface area contributed by atoms with Crippen LogP contribution in [-0.4, -0.2) is 73.4 Å². The Labute approximate surface area is 467 Å². The highest BCUT2D eigenvalue weighted by molar-refractivity contribution is 7.47. The molecule has 75 heavy (non-hydrogen) atoms. The first-order valence-electron chi connectivity index (χ1n) is 32.9. The zero-order valence-corrected chi connectivity index (χ0v) is 51.7. The van der Waals surface area contributed by atoms with Gasteiger partial charge in [0.2, 0.25) is 5.91 Å². The lowest BCUT2D eigenvalue weighted by Gasteiger charge is -2.26. The molecule has 1 amide bonds. The van der Waals surface area contributed by atoms with Gasteiger partial charge in [-0.25, -0.2) is 4.57 Å². The second kappa shape index (κ2) is 57.4. The van der Waals surface area contributed by atoms with Gasteiger partial charge in [-0.2, -0.15) is 0 Å². The monoisotopic (exact) mass is 1080 g/mol. The molecule has 0 fully saturated rings. The molecule has 8 nitrogen and oxygen atoms in total. The molecule has 0 radical (unpaired) electrons. The molecule has 3 unspecified atom stereocenters. The Hall–Kier alpha value is -1.28. The Morgan fingerprint density at radius 1 is 0.453 bits per heavy atom. The number of nitrogens with zero attached hydrogens (tertiary/aromatic N) is 1. The summed E-state index contributed by atoms with van der Waals surface area (Å²) in [6.45, 7) is 4.91. The average Bonchev–Trinajstić information content (AvgIpc) is 3.37. The molecule has 9 heteroatoms. The summed E-state index contributed by atoms with van der Waals surface area (Å²) in [5.41, 5.74) is 0. The van der Waals surface area contributed by atoms with E-state index in [9.17, 15) is 19.4 Å². The normalized spacial score (nSPS) is 14.0. The summed E-state index contributed by atoms with van der Waals surface area (Å²) >= 11 is 0. The minimum Gasteiger partial charge on any atom is -0.391 e. The SMILES string of the molecule is CCCCCCC/C=C\C/C=C\C/C=C\CCCCCCCCCCCCCCCCCCCCCCCCCCC(=O)NC(COP(=O)(O)OCC[N+](C)(C)C)C(O)CCCCCCCCCCCCCCCC. The molecule has 0 heterocycles. The number of likely N-dealkylation sites (N-methyl/N-ethyl adjacent to an activating group) is 1. The first kappa shape index (κ1) is 73.7. The molecule has 0 aromatic heterocycles. The smallest absolute Gasteiger partial charge is 0.391 e. The number of amides is 1. The molecule has 0 spiro atoms. The molecule has 0 aromatic rings. The summed E-state index contributed by atoms with van der Waals surface area (Å²) in [5, 5.41) is 14.1. The van der Waals surface area contributed by atoms with E-state index in [-0.39, 0.29) is 19.1 Å². The Balaban J connectivity index is 3.86. The Morgan fingerprint density at radius 2 is 0.760 bits per heavy atom. The third kappa shape index (κ3) is 60.2. The topological polar surface area (TPSA) is 105 Å². The molecule has 0 aliphatic carbocycles. The maximum Gasteiger partial charge on any atom is 0.472 e. The van der Waals surface area contributed by atoms with Gasteiger partial charge in [-0.1, -0.05) is 307 Å². The number of phosphoric ester groups is 1. The fourth-order valence-corrected chi connectivity index (χ4v) is 10.7. The van der Waals surface area contributed by atoms with Crippen LogP contribution in [0.5, 0.6) is 0 Å². The van der Waals surface area contributed by atoms with E-state index in [1.807, 2.05) is 21.1 Å². The lowest BCUT2D eigenvalue weighted by atomic mass is 10.0. The van der Waals surface area contributed by atoms with Crippen LogP contribution >= 0.6 is 7.82 Å². The molecule has 0 aromatic carbocycles. The summed E-state index contributed by atoms with van der Waals surface area (Å²) in [6, 6.07) is -0.758. The maximum atomic E-state index is 13.0. The van der Waals surface area contributed by atoms with Crippen LogP contribution in [0.4, 0.5) is 0 Å². The van der Waals surface area contributed by atoms with E-state index in [1.165, 1.54) is 250 Å². The van der Waals surface area contributed by atoms with Gasteiger partial charge in [-0.15, -0.1) is 0 Å². The number of carbonyl (C=O) groups is 1. The number of quaternary nitrogens is 1. The number of hydrogen-bond donors (Lipinski definition) is 3. The van der Waals surface area contributed by atoms with Gasteiger partial charge in [0.05, 0.1) is 39.9 Å². The number of unbranched alkanes of at least 4 members (excludes halogenated alkanes) is 42. The van der Waals surface area contributed by atoms with E-state index in [0.717, 1.165) is 51.4 Å². The minimum absolute atomic E-state index is 0.0770. The molecule has 0 aliphatic heterocycles. The predicted octanol–water partition coefficient (Wildman–Crippen LogP) is 20.5. The zero-order chi connectivity index (χ0) is 54.9. The van der Waals surface area contributed by atoms with E-state index in [2.05, 4.69) is 55.6 Å². The van der Waals surface area contributed by atoms with Gasteiger partial charge in [0, 0.05) is 6.42 Å². The number of aliphatic hydroxyl groups is 1. The number of allylic oxidation sites excluding steroid dienone is 6. The first-order valence-corrected chi connectivity index (χ1v) is 34.3. The predicted molar refractivity (Wildman–Crippen MR) is 328 cm³/mol. The summed E-state index contributed by atoms with van der Waals surface area (Å²) < 4.78 is 23.8. The van der Waals surface area contributed by atoms with E-state index in [0.29, 0.717) is 23.9 Å². The zero-order valence-electron chi connectivity index (χ0n) is 50.8. The molecule has 0 rings (SSSR count). The third-order valence-electron chi connectivity index (χ3n) is 15.1. The number of carbonyl (C=O) groups excluding carboxylic acids is 1. The number of nitrogens with one attached hydrogen (secondary N) is 1. The molecular formula is C66H130N2O6P+. The van der Waals surface area contributed by atoms with Crippen molar-refractivity contribution in [3.05, 3.63) is 36.5 Å². The highest BCUT2D eigenvalue weighted by Gasteiger charge is 2.28. The van der Waals surface area contributed by atoms with Crippen molar-refractivity contribution >= 4 is 13.7 Å². The lowest BCUT2D eigenvalue weighted by Crippen LogP contribution is -2.46. The van der Waals surface area contributed by atoms with E-state index < -0.39 is 20.0 Å². The largest absolute Gasteiger partial charge is 0.472 e. The van der Waals surface area contributed by atoms with Crippen molar-refractivity contribution in [3.63, 3.8) is 0 Å². The third-order valence-corrected chi connectivity index (χ3v) is 16.1. The molecule has 3 N–H and O–H groups in total. The first-order chi connectivity index (χ1) is 36.5. The van der Waals surface area contributed by atoms with Crippen molar-refractivity contribution in [1.29, 1.82) is 0 Å². The Kier molecular flexibility index (Phi) is 56.4. The molecule has 0 saturated carbocycles. The highest BCUT2D eigenvalue weighted by Crippen LogP contribution is 2.43. The van der Waals surface area contributed by atoms with Crippen LogP contribution in [0.15, 0.2) is 36.5 Å². The number of hydrogen-bond acceptors (Lipinski definition) is 5. The molecule has 0 saturated heterocycles. The van der Waals surface area contributed by atoms with Gasteiger partial charge in [0.25, 0.3) is 0 Å². The Bertz CT molecular complexity index is 1320. The van der Waals surface area contributed by atoms with Crippen molar-refractivity contribution in [1.82, 2.24) is 5.32 Å². The summed E-state index contributed by atoms with van der Waals surface area (Å²) in [7, 11) is 1.63. The molecule has 444 valence electrons. The van der Waals surface area contributed by atoms with Gasteiger partial charge in [-0.05, 0) is 51.4 Å². The molecular weight excluding hydrogens is 948 g/mol. The molecule has 3 atom stereocenters. The van der Waals surface area contributed by atoms with Crippen LogP contribution < -0.4 is 5.32 Å². The van der Waals surface area contributed by atoms with Crippen LogP contribution in [-0.2, 0) is 18.4 Å². The number of aliphatic hydroxyl groups excluding tert-OH is 1. The van der Waals surface area contributed by atoms with Crippen molar-refractivity contribution in [3.8, 4) is 0 Å². The van der Waals surface area contributed by atoms with Crippen LogP contribution in [0.2, 0.25) is 0 Å². The van der Waals surface area contributed by atoms with E-state index in [1.54, 1.807) is 0 Å². The van der Waals surface area contributed by atoms with E-state index in [4.69, 9.17) is 9.05 Å². The van der Waals surface area contributed by atoms with E-state index >= 15 is 0 Å². The Morgan fingerprint density at radius 3 is 1.11 bits per heavy atom. The number of rotatable bonds is 61. The average molecular weight is 1080 g/mol. The summed E-state index contributed by atoms with van der Waals surface area (Å²) in [4.78, 5) is 23.3. The minimum atomic E-state index is -4.32. The fraction of sp³-hybridized carbons (Fsp3) is 0.894. The van der Waals surface area contributed by atoms with Crippen LogP contribution in [0.3, 0.4) is 0 Å².